The molecule has 0 aliphatic carbocycles. The molecule has 0 bridgehead atoms. The molecule has 0 atom stereocenters. The first-order valence-corrected chi connectivity index (χ1v) is 5.95. The molecule has 0 aliphatic heterocycles. The quantitative estimate of drug-likeness (QED) is 0.823. The van der Waals surface area contributed by atoms with Crippen LogP contribution >= 0.6 is 0 Å². The van der Waals surface area contributed by atoms with Crippen molar-refractivity contribution < 1.29 is 13.5 Å². The second-order valence-corrected chi connectivity index (χ2v) is 5.45. The van der Waals surface area contributed by atoms with E-state index in [2.05, 4.69) is 4.98 Å². The summed E-state index contributed by atoms with van der Waals surface area (Å²) in [6, 6.07) is 2.81. The fourth-order valence-corrected chi connectivity index (χ4v) is 2.78. The van der Waals surface area contributed by atoms with Crippen molar-refractivity contribution in [1.29, 1.82) is 0 Å². The van der Waals surface area contributed by atoms with E-state index in [0.717, 1.165) is 0 Å². The summed E-state index contributed by atoms with van der Waals surface area (Å²) in [6.45, 7) is 3.61. The Kier molecular flexibility index (Phi) is 3.10. The molecule has 78 valence electrons. The molecule has 5 heteroatoms. The lowest BCUT2D eigenvalue weighted by atomic mass is 10.3. The van der Waals surface area contributed by atoms with Gasteiger partial charge in [0, 0.05) is 6.20 Å². The molecule has 0 fully saturated rings. The summed E-state index contributed by atoms with van der Waals surface area (Å²) in [5.74, 6) is -0.271. The van der Waals surface area contributed by atoms with Crippen molar-refractivity contribution >= 4 is 9.84 Å². The van der Waals surface area contributed by atoms with Crippen LogP contribution in [0.25, 0.3) is 0 Å². The Balaban J connectivity index is 3.11. The molecule has 0 amide bonds. The largest absolute Gasteiger partial charge is 0.505 e. The molecule has 4 nitrogen and oxygen atoms in total. The average molecular weight is 215 g/mol. The van der Waals surface area contributed by atoms with E-state index in [9.17, 15) is 13.5 Å². The Morgan fingerprint density at radius 3 is 2.64 bits per heavy atom. The van der Waals surface area contributed by atoms with Gasteiger partial charge in [-0.05, 0) is 18.1 Å². The second kappa shape index (κ2) is 3.96. The lowest BCUT2D eigenvalue weighted by Crippen LogP contribution is -2.13. The number of hydrogen-bond donors (Lipinski definition) is 1. The number of sulfone groups is 1. The highest BCUT2D eigenvalue weighted by molar-refractivity contribution is 7.91. The van der Waals surface area contributed by atoms with Gasteiger partial charge in [0.2, 0.25) is 0 Å². The van der Waals surface area contributed by atoms with Crippen LogP contribution in [0.2, 0.25) is 0 Å². The number of aromatic nitrogens is 1. The molecule has 1 heterocycles. The number of nitrogens with zero attached hydrogens (tertiary/aromatic N) is 1. The fraction of sp³-hybridized carbons (Fsp3) is 0.444. The Morgan fingerprint density at radius 1 is 1.50 bits per heavy atom. The summed E-state index contributed by atoms with van der Waals surface area (Å²) < 4.78 is 23.3. The van der Waals surface area contributed by atoms with Gasteiger partial charge in [0.1, 0.15) is 0 Å². The van der Waals surface area contributed by atoms with Crippen molar-refractivity contribution in [2.24, 2.45) is 5.92 Å². The summed E-state index contributed by atoms with van der Waals surface area (Å²) in [4.78, 5) is 3.67. The summed E-state index contributed by atoms with van der Waals surface area (Å²) >= 11 is 0. The lowest BCUT2D eigenvalue weighted by Gasteiger charge is -2.06. The van der Waals surface area contributed by atoms with Crippen LogP contribution in [-0.2, 0) is 9.84 Å². The molecule has 0 aliphatic rings. The summed E-state index contributed by atoms with van der Waals surface area (Å²) in [7, 11) is -3.45. The van der Waals surface area contributed by atoms with Gasteiger partial charge in [0.25, 0.3) is 0 Å². The van der Waals surface area contributed by atoms with Gasteiger partial charge in [0.15, 0.2) is 20.6 Å². The topological polar surface area (TPSA) is 67.3 Å². The standard InChI is InChI=1S/C9H13NO3S/c1-7(2)6-14(12,13)9-8(11)4-3-5-10-9/h3-5,7,11H,6H2,1-2H3. The summed E-state index contributed by atoms with van der Waals surface area (Å²) in [6.07, 6.45) is 1.35. The van der Waals surface area contributed by atoms with Gasteiger partial charge in [-0.2, -0.15) is 0 Å². The van der Waals surface area contributed by atoms with E-state index in [-0.39, 0.29) is 22.4 Å². The maximum atomic E-state index is 11.6. The molecular weight excluding hydrogens is 202 g/mol. The van der Waals surface area contributed by atoms with Crippen LogP contribution in [-0.4, -0.2) is 24.3 Å². The average Bonchev–Trinajstić information content (AvgIpc) is 2.02. The van der Waals surface area contributed by atoms with E-state index < -0.39 is 9.84 Å². The minimum atomic E-state index is -3.45. The minimum Gasteiger partial charge on any atom is -0.505 e. The molecule has 0 aromatic carbocycles. The van der Waals surface area contributed by atoms with Crippen LogP contribution < -0.4 is 0 Å². The predicted molar refractivity (Wildman–Crippen MR) is 52.8 cm³/mol. The smallest absolute Gasteiger partial charge is 0.199 e. The van der Waals surface area contributed by atoms with Crippen LogP contribution in [0.1, 0.15) is 13.8 Å². The zero-order chi connectivity index (χ0) is 10.8. The van der Waals surface area contributed by atoms with Gasteiger partial charge in [-0.1, -0.05) is 13.8 Å². The van der Waals surface area contributed by atoms with E-state index in [1.54, 1.807) is 13.8 Å². The van der Waals surface area contributed by atoms with E-state index in [0.29, 0.717) is 0 Å². The van der Waals surface area contributed by atoms with E-state index in [1.807, 2.05) is 0 Å². The van der Waals surface area contributed by atoms with Crippen LogP contribution in [0.15, 0.2) is 23.4 Å². The zero-order valence-corrected chi connectivity index (χ0v) is 8.95. The highest BCUT2D eigenvalue weighted by atomic mass is 32.2. The molecule has 1 aromatic heterocycles. The first-order valence-electron chi connectivity index (χ1n) is 4.30. The summed E-state index contributed by atoms with van der Waals surface area (Å²) in [5, 5.41) is 9.09. The molecular formula is C9H13NO3S. The van der Waals surface area contributed by atoms with Gasteiger partial charge < -0.3 is 5.11 Å². The Bertz CT molecular complexity index is 412. The Labute approximate surface area is 83.5 Å². The van der Waals surface area contributed by atoms with Crippen molar-refractivity contribution in [2.75, 3.05) is 5.75 Å². The monoisotopic (exact) mass is 215 g/mol. The molecule has 1 rings (SSSR count). The van der Waals surface area contributed by atoms with Crippen molar-refractivity contribution in [3.05, 3.63) is 18.3 Å². The van der Waals surface area contributed by atoms with E-state index in [4.69, 9.17) is 0 Å². The number of hydrogen-bond acceptors (Lipinski definition) is 4. The summed E-state index contributed by atoms with van der Waals surface area (Å²) in [5.41, 5.74) is 0. The molecule has 0 spiro atoms. The van der Waals surface area contributed by atoms with Gasteiger partial charge in [-0.15, -0.1) is 0 Å². The van der Waals surface area contributed by atoms with E-state index >= 15 is 0 Å². The normalized spacial score (nSPS) is 11.9. The first kappa shape index (κ1) is 11.0. The second-order valence-electron chi connectivity index (χ2n) is 3.50. The Hall–Kier alpha value is -1.10. The molecule has 1 N–H and O–H groups in total. The molecule has 0 radical (unpaired) electrons. The van der Waals surface area contributed by atoms with E-state index in [1.165, 1.54) is 18.3 Å². The van der Waals surface area contributed by atoms with Crippen molar-refractivity contribution in [1.82, 2.24) is 4.98 Å². The van der Waals surface area contributed by atoms with Gasteiger partial charge in [-0.25, -0.2) is 13.4 Å². The van der Waals surface area contributed by atoms with Gasteiger partial charge >= 0.3 is 0 Å². The fourth-order valence-electron chi connectivity index (χ4n) is 1.14. The SMILES string of the molecule is CC(C)CS(=O)(=O)c1ncccc1O. The Morgan fingerprint density at radius 2 is 2.14 bits per heavy atom. The molecule has 0 saturated heterocycles. The third kappa shape index (κ3) is 2.45. The molecule has 14 heavy (non-hydrogen) atoms. The molecule has 0 unspecified atom stereocenters. The van der Waals surface area contributed by atoms with Crippen molar-refractivity contribution in [3.8, 4) is 5.75 Å². The molecule has 1 aromatic rings. The maximum absolute atomic E-state index is 11.6. The highest BCUT2D eigenvalue weighted by Gasteiger charge is 2.21. The lowest BCUT2D eigenvalue weighted by molar-refractivity contribution is 0.451. The predicted octanol–water partition coefficient (Wildman–Crippen LogP) is 1.22. The van der Waals surface area contributed by atoms with Crippen molar-refractivity contribution in [3.63, 3.8) is 0 Å². The number of pyridine rings is 1. The van der Waals surface area contributed by atoms with Crippen LogP contribution in [0.4, 0.5) is 0 Å². The highest BCUT2D eigenvalue weighted by Crippen LogP contribution is 2.21. The van der Waals surface area contributed by atoms with Crippen molar-refractivity contribution in [2.45, 2.75) is 18.9 Å². The minimum absolute atomic E-state index is 0.00241. The molecule has 0 saturated carbocycles. The first-order chi connectivity index (χ1) is 6.43. The van der Waals surface area contributed by atoms with Crippen LogP contribution in [0, 0.1) is 5.92 Å². The number of aromatic hydroxyl groups is 1. The zero-order valence-electron chi connectivity index (χ0n) is 8.14. The van der Waals surface area contributed by atoms with Crippen LogP contribution in [0.5, 0.6) is 5.75 Å². The maximum Gasteiger partial charge on any atom is 0.199 e. The van der Waals surface area contributed by atoms with Gasteiger partial charge in [-0.3, -0.25) is 0 Å². The van der Waals surface area contributed by atoms with Gasteiger partial charge in [0.05, 0.1) is 5.75 Å². The third-order valence-electron chi connectivity index (χ3n) is 1.60. The van der Waals surface area contributed by atoms with Crippen LogP contribution in [0.3, 0.4) is 0 Å². The third-order valence-corrected chi connectivity index (χ3v) is 3.61. The number of rotatable bonds is 3.